The molecule has 2 N–H and O–H groups in total. The molecule has 0 spiro atoms. The van der Waals surface area contributed by atoms with Crippen LogP contribution in [0.2, 0.25) is 0 Å². The van der Waals surface area contributed by atoms with Crippen molar-refractivity contribution in [3.05, 3.63) is 0 Å². The maximum atomic E-state index is 5.97. The number of nitrogens with zero attached hydrogens (tertiary/aromatic N) is 1. The Morgan fingerprint density at radius 2 is 2.07 bits per heavy atom. The minimum atomic E-state index is 0.581. The highest BCUT2D eigenvalue weighted by atomic mass is 16.5. The molecule has 3 nitrogen and oxygen atoms in total. The first kappa shape index (κ1) is 9.97. The van der Waals surface area contributed by atoms with Crippen molar-refractivity contribution in [1.82, 2.24) is 0 Å². The lowest BCUT2D eigenvalue weighted by Gasteiger charge is -2.09. The predicted molar refractivity (Wildman–Crippen MR) is 57.4 cm³/mol. The van der Waals surface area contributed by atoms with E-state index in [0.29, 0.717) is 11.8 Å². The zero-order chi connectivity index (χ0) is 9.80. The second-order valence-corrected chi connectivity index (χ2v) is 4.48. The van der Waals surface area contributed by atoms with Crippen molar-refractivity contribution < 1.29 is 4.74 Å². The maximum Gasteiger partial charge on any atom is 0.0968 e. The molecule has 1 atom stereocenters. The van der Waals surface area contributed by atoms with Gasteiger partial charge >= 0.3 is 0 Å². The van der Waals surface area contributed by atoms with Gasteiger partial charge in [-0.3, -0.25) is 4.99 Å². The SMILES string of the molecule is NC(=NCC1CCOC1)C1CCCC1. The Bertz CT molecular complexity index is 203. The molecule has 1 unspecified atom stereocenters. The van der Waals surface area contributed by atoms with Crippen LogP contribution < -0.4 is 5.73 Å². The fourth-order valence-corrected chi connectivity index (χ4v) is 2.31. The Balaban J connectivity index is 1.77. The zero-order valence-electron chi connectivity index (χ0n) is 8.74. The van der Waals surface area contributed by atoms with Crippen molar-refractivity contribution in [2.75, 3.05) is 19.8 Å². The van der Waals surface area contributed by atoms with E-state index >= 15 is 0 Å². The predicted octanol–water partition coefficient (Wildman–Crippen LogP) is 1.57. The number of ether oxygens (including phenoxy) is 1. The van der Waals surface area contributed by atoms with E-state index in [1.54, 1.807) is 0 Å². The molecule has 0 amide bonds. The summed E-state index contributed by atoms with van der Waals surface area (Å²) in [5.41, 5.74) is 5.97. The van der Waals surface area contributed by atoms with Crippen LogP contribution in [0.25, 0.3) is 0 Å². The van der Waals surface area contributed by atoms with Crippen LogP contribution in [0.15, 0.2) is 4.99 Å². The topological polar surface area (TPSA) is 47.6 Å². The van der Waals surface area contributed by atoms with Crippen LogP contribution in [0.4, 0.5) is 0 Å². The van der Waals surface area contributed by atoms with Crippen molar-refractivity contribution in [3.63, 3.8) is 0 Å². The van der Waals surface area contributed by atoms with Crippen LogP contribution in [-0.4, -0.2) is 25.6 Å². The van der Waals surface area contributed by atoms with Crippen molar-refractivity contribution >= 4 is 5.84 Å². The minimum absolute atomic E-state index is 0.581. The smallest absolute Gasteiger partial charge is 0.0968 e. The minimum Gasteiger partial charge on any atom is -0.387 e. The van der Waals surface area contributed by atoms with Crippen LogP contribution in [0.3, 0.4) is 0 Å². The number of nitrogens with two attached hydrogens (primary N) is 1. The molecule has 0 aromatic rings. The van der Waals surface area contributed by atoms with Gasteiger partial charge < -0.3 is 10.5 Å². The lowest BCUT2D eigenvalue weighted by molar-refractivity contribution is 0.187. The third-order valence-corrected chi connectivity index (χ3v) is 3.33. The molecule has 14 heavy (non-hydrogen) atoms. The number of amidine groups is 1. The third kappa shape index (κ3) is 2.47. The summed E-state index contributed by atoms with van der Waals surface area (Å²) in [5, 5.41) is 0. The second-order valence-electron chi connectivity index (χ2n) is 4.48. The Morgan fingerprint density at radius 1 is 1.29 bits per heavy atom. The first-order valence-electron chi connectivity index (χ1n) is 5.74. The third-order valence-electron chi connectivity index (χ3n) is 3.33. The van der Waals surface area contributed by atoms with E-state index in [4.69, 9.17) is 10.5 Å². The van der Waals surface area contributed by atoms with Crippen molar-refractivity contribution in [1.29, 1.82) is 0 Å². The van der Waals surface area contributed by atoms with Gasteiger partial charge in [0.05, 0.1) is 12.4 Å². The molecule has 2 rings (SSSR count). The molecule has 2 fully saturated rings. The fourth-order valence-electron chi connectivity index (χ4n) is 2.31. The summed E-state index contributed by atoms with van der Waals surface area (Å²) in [6.07, 6.45) is 6.30. The monoisotopic (exact) mass is 196 g/mol. The summed E-state index contributed by atoms with van der Waals surface area (Å²) in [6, 6.07) is 0. The molecule has 1 saturated heterocycles. The highest BCUT2D eigenvalue weighted by molar-refractivity contribution is 5.83. The molecular weight excluding hydrogens is 176 g/mol. The average Bonchev–Trinajstić information content (AvgIpc) is 2.87. The Labute approximate surface area is 85.7 Å². The van der Waals surface area contributed by atoms with E-state index in [1.165, 1.54) is 25.7 Å². The van der Waals surface area contributed by atoms with Crippen LogP contribution in [0.5, 0.6) is 0 Å². The van der Waals surface area contributed by atoms with Gasteiger partial charge in [-0.2, -0.15) is 0 Å². The van der Waals surface area contributed by atoms with E-state index in [1.807, 2.05) is 0 Å². The van der Waals surface area contributed by atoms with Crippen molar-refractivity contribution in [3.8, 4) is 0 Å². The van der Waals surface area contributed by atoms with Crippen molar-refractivity contribution in [2.24, 2.45) is 22.6 Å². The normalized spacial score (nSPS) is 30.0. The van der Waals surface area contributed by atoms with Gasteiger partial charge in [-0.1, -0.05) is 12.8 Å². The number of rotatable bonds is 3. The Kier molecular flexibility index (Phi) is 3.40. The summed E-state index contributed by atoms with van der Waals surface area (Å²) in [5.74, 6) is 2.10. The molecule has 0 radical (unpaired) electrons. The van der Waals surface area contributed by atoms with Gasteiger partial charge in [0.2, 0.25) is 0 Å². The zero-order valence-corrected chi connectivity index (χ0v) is 8.74. The Hall–Kier alpha value is -0.570. The molecule has 1 saturated carbocycles. The highest BCUT2D eigenvalue weighted by Crippen LogP contribution is 2.25. The van der Waals surface area contributed by atoms with Gasteiger partial charge in [0.15, 0.2) is 0 Å². The quantitative estimate of drug-likeness (QED) is 0.550. The average molecular weight is 196 g/mol. The number of hydrogen-bond donors (Lipinski definition) is 1. The summed E-state index contributed by atoms with van der Waals surface area (Å²) in [7, 11) is 0. The molecule has 1 heterocycles. The second kappa shape index (κ2) is 4.78. The standard InChI is InChI=1S/C11H20N2O/c12-11(10-3-1-2-4-10)13-7-9-5-6-14-8-9/h9-10H,1-8H2,(H2,12,13). The van der Waals surface area contributed by atoms with Crippen LogP contribution >= 0.6 is 0 Å². The molecule has 0 bridgehead atoms. The molecule has 0 aromatic heterocycles. The van der Waals surface area contributed by atoms with E-state index in [0.717, 1.165) is 32.0 Å². The molecule has 1 aliphatic carbocycles. The lowest BCUT2D eigenvalue weighted by Crippen LogP contribution is -2.22. The highest BCUT2D eigenvalue weighted by Gasteiger charge is 2.19. The molecule has 80 valence electrons. The number of hydrogen-bond acceptors (Lipinski definition) is 2. The van der Waals surface area contributed by atoms with E-state index in [2.05, 4.69) is 4.99 Å². The molecular formula is C11H20N2O. The molecule has 3 heteroatoms. The van der Waals surface area contributed by atoms with Gasteiger partial charge in [-0.25, -0.2) is 0 Å². The van der Waals surface area contributed by atoms with E-state index in [-0.39, 0.29) is 0 Å². The van der Waals surface area contributed by atoms with Gasteiger partial charge in [0, 0.05) is 25.0 Å². The Morgan fingerprint density at radius 3 is 2.71 bits per heavy atom. The lowest BCUT2D eigenvalue weighted by atomic mass is 10.1. The van der Waals surface area contributed by atoms with Crippen LogP contribution in [0, 0.1) is 11.8 Å². The summed E-state index contributed by atoms with van der Waals surface area (Å²) < 4.78 is 5.30. The fraction of sp³-hybridized carbons (Fsp3) is 0.909. The van der Waals surface area contributed by atoms with Gasteiger partial charge in [-0.05, 0) is 19.3 Å². The van der Waals surface area contributed by atoms with Crippen LogP contribution in [0.1, 0.15) is 32.1 Å². The first-order chi connectivity index (χ1) is 6.86. The van der Waals surface area contributed by atoms with E-state index in [9.17, 15) is 0 Å². The van der Waals surface area contributed by atoms with Gasteiger partial charge in [0.25, 0.3) is 0 Å². The molecule has 0 aromatic carbocycles. The first-order valence-corrected chi connectivity index (χ1v) is 5.74. The summed E-state index contributed by atoms with van der Waals surface area (Å²) in [6.45, 7) is 2.66. The maximum absolute atomic E-state index is 5.97. The number of aliphatic imine (C=N–C) groups is 1. The van der Waals surface area contributed by atoms with Crippen molar-refractivity contribution in [2.45, 2.75) is 32.1 Å². The molecule has 2 aliphatic rings. The summed E-state index contributed by atoms with van der Waals surface area (Å²) >= 11 is 0. The van der Waals surface area contributed by atoms with Gasteiger partial charge in [-0.15, -0.1) is 0 Å². The van der Waals surface area contributed by atoms with E-state index < -0.39 is 0 Å². The molecule has 1 aliphatic heterocycles. The largest absolute Gasteiger partial charge is 0.387 e. The summed E-state index contributed by atoms with van der Waals surface area (Å²) in [4.78, 5) is 4.50. The van der Waals surface area contributed by atoms with Crippen LogP contribution in [-0.2, 0) is 4.74 Å². The van der Waals surface area contributed by atoms with Gasteiger partial charge in [0.1, 0.15) is 0 Å².